The molecule has 0 aliphatic heterocycles. The van der Waals surface area contributed by atoms with Crippen molar-refractivity contribution in [3.05, 3.63) is 30.1 Å². The molecule has 0 aromatic carbocycles. The number of pyridine rings is 1. The first-order valence-electron chi connectivity index (χ1n) is 9.08. The smallest absolute Gasteiger partial charge is 0.0299 e. The minimum atomic E-state index is 0.805. The fraction of sp³-hybridized carbons (Fsp3) is 0.737. The van der Waals surface area contributed by atoms with Crippen molar-refractivity contribution in [1.82, 2.24) is 10.0 Å². The molecule has 1 heterocycles. The van der Waals surface area contributed by atoms with Crippen molar-refractivity contribution in [3.8, 4) is 0 Å². The van der Waals surface area contributed by atoms with Gasteiger partial charge in [0.1, 0.15) is 0 Å². The van der Waals surface area contributed by atoms with Gasteiger partial charge in [-0.15, -0.1) is 0 Å². The second-order valence-electron chi connectivity index (χ2n) is 6.38. The maximum absolute atomic E-state index is 9.01. The van der Waals surface area contributed by atoms with E-state index in [1.54, 1.807) is 7.05 Å². The summed E-state index contributed by atoms with van der Waals surface area (Å²) in [5.74, 6) is 0. The standard InChI is InChI=1S/C19H34N2O/c1-21(22)17-12-10-8-6-4-2-3-5-7-9-11-14-19-15-13-16-20-18-19/h13,15-16,18,22H,2-12,14,17H2,1H3. The fourth-order valence-electron chi connectivity index (χ4n) is 2.81. The molecule has 1 aromatic rings. The summed E-state index contributed by atoms with van der Waals surface area (Å²) in [4.78, 5) is 4.15. The Bertz CT molecular complexity index is 341. The number of aryl methyl sites for hydroxylation is 1. The highest BCUT2D eigenvalue weighted by Gasteiger charge is 1.96. The SMILES string of the molecule is CN(O)CCCCCCCCCCCCCc1cccnc1. The van der Waals surface area contributed by atoms with E-state index in [1.165, 1.54) is 81.3 Å². The van der Waals surface area contributed by atoms with Crippen LogP contribution in [0.2, 0.25) is 0 Å². The zero-order valence-electron chi connectivity index (χ0n) is 14.3. The largest absolute Gasteiger partial charge is 0.314 e. The lowest BCUT2D eigenvalue weighted by molar-refractivity contribution is -0.0655. The maximum atomic E-state index is 9.01. The molecule has 1 rings (SSSR count). The van der Waals surface area contributed by atoms with E-state index in [0.717, 1.165) is 13.0 Å². The molecule has 0 fully saturated rings. The van der Waals surface area contributed by atoms with Crippen molar-refractivity contribution in [2.45, 2.75) is 77.0 Å². The monoisotopic (exact) mass is 306 g/mol. The number of rotatable bonds is 14. The van der Waals surface area contributed by atoms with Crippen molar-refractivity contribution in [2.75, 3.05) is 13.6 Å². The molecule has 0 aliphatic rings. The van der Waals surface area contributed by atoms with Gasteiger partial charge in [0.2, 0.25) is 0 Å². The molecule has 0 unspecified atom stereocenters. The third-order valence-corrected chi connectivity index (χ3v) is 4.17. The summed E-state index contributed by atoms with van der Waals surface area (Å²) in [5, 5.41) is 10.3. The molecule has 0 bridgehead atoms. The zero-order chi connectivity index (χ0) is 15.9. The predicted molar refractivity (Wildman–Crippen MR) is 93.1 cm³/mol. The van der Waals surface area contributed by atoms with Crippen molar-refractivity contribution in [2.24, 2.45) is 0 Å². The summed E-state index contributed by atoms with van der Waals surface area (Å²) in [6.07, 6.45) is 19.6. The third kappa shape index (κ3) is 11.7. The van der Waals surface area contributed by atoms with E-state index in [0.29, 0.717) is 0 Å². The summed E-state index contributed by atoms with van der Waals surface area (Å²) in [6.45, 7) is 0.805. The van der Waals surface area contributed by atoms with Crippen molar-refractivity contribution >= 4 is 0 Å². The Morgan fingerprint density at radius 1 is 0.864 bits per heavy atom. The van der Waals surface area contributed by atoms with Crippen LogP contribution in [0.5, 0.6) is 0 Å². The van der Waals surface area contributed by atoms with E-state index >= 15 is 0 Å². The van der Waals surface area contributed by atoms with E-state index in [4.69, 9.17) is 5.21 Å². The molecule has 0 aliphatic carbocycles. The predicted octanol–water partition coefficient (Wildman–Crippen LogP) is 5.24. The zero-order valence-corrected chi connectivity index (χ0v) is 14.3. The molecule has 3 heteroatoms. The highest BCUT2D eigenvalue weighted by Crippen LogP contribution is 2.12. The second-order valence-corrected chi connectivity index (χ2v) is 6.38. The van der Waals surface area contributed by atoms with Gasteiger partial charge in [0.25, 0.3) is 0 Å². The quantitative estimate of drug-likeness (QED) is 0.377. The molecule has 1 N–H and O–H groups in total. The van der Waals surface area contributed by atoms with Gasteiger partial charge in [0, 0.05) is 26.0 Å². The van der Waals surface area contributed by atoms with Gasteiger partial charge in [-0.05, 0) is 30.9 Å². The van der Waals surface area contributed by atoms with Gasteiger partial charge < -0.3 is 5.21 Å². The van der Waals surface area contributed by atoms with E-state index in [2.05, 4.69) is 11.1 Å². The summed E-state index contributed by atoms with van der Waals surface area (Å²) < 4.78 is 0. The van der Waals surface area contributed by atoms with Crippen LogP contribution in [0.4, 0.5) is 0 Å². The molecule has 22 heavy (non-hydrogen) atoms. The van der Waals surface area contributed by atoms with E-state index in [1.807, 2.05) is 18.5 Å². The molecule has 0 saturated heterocycles. The van der Waals surface area contributed by atoms with Crippen molar-refractivity contribution in [1.29, 1.82) is 0 Å². The number of nitrogens with zero attached hydrogens (tertiary/aromatic N) is 2. The van der Waals surface area contributed by atoms with Crippen LogP contribution in [0, 0.1) is 0 Å². The highest BCUT2D eigenvalue weighted by molar-refractivity contribution is 5.08. The van der Waals surface area contributed by atoms with Crippen LogP contribution in [-0.2, 0) is 6.42 Å². The lowest BCUT2D eigenvalue weighted by Gasteiger charge is -2.07. The lowest BCUT2D eigenvalue weighted by atomic mass is 10.0. The number of unbranched alkanes of at least 4 members (excludes halogenated alkanes) is 10. The highest BCUT2D eigenvalue weighted by atomic mass is 16.5. The first-order chi connectivity index (χ1) is 10.8. The topological polar surface area (TPSA) is 36.4 Å². The molecule has 0 spiro atoms. The van der Waals surface area contributed by atoms with Gasteiger partial charge >= 0.3 is 0 Å². The number of aromatic nitrogens is 1. The number of hydrogen-bond donors (Lipinski definition) is 1. The van der Waals surface area contributed by atoms with E-state index in [-0.39, 0.29) is 0 Å². The molecule has 126 valence electrons. The first kappa shape index (κ1) is 19.1. The minimum absolute atomic E-state index is 0.805. The van der Waals surface area contributed by atoms with Gasteiger partial charge in [-0.1, -0.05) is 63.9 Å². The van der Waals surface area contributed by atoms with Gasteiger partial charge in [-0.3, -0.25) is 4.98 Å². The van der Waals surface area contributed by atoms with Crippen LogP contribution >= 0.6 is 0 Å². The maximum Gasteiger partial charge on any atom is 0.0299 e. The number of hydroxylamine groups is 2. The van der Waals surface area contributed by atoms with E-state index in [9.17, 15) is 0 Å². The Hall–Kier alpha value is -0.930. The Morgan fingerprint density at radius 2 is 1.41 bits per heavy atom. The third-order valence-electron chi connectivity index (χ3n) is 4.17. The van der Waals surface area contributed by atoms with Gasteiger partial charge in [0.15, 0.2) is 0 Å². The second kappa shape index (κ2) is 13.7. The van der Waals surface area contributed by atoms with Crippen LogP contribution in [0.25, 0.3) is 0 Å². The van der Waals surface area contributed by atoms with Crippen LogP contribution in [-0.4, -0.2) is 28.8 Å². The first-order valence-corrected chi connectivity index (χ1v) is 9.08. The normalized spacial score (nSPS) is 11.2. The van der Waals surface area contributed by atoms with Gasteiger partial charge in [0.05, 0.1) is 0 Å². The summed E-state index contributed by atoms with van der Waals surface area (Å²) in [7, 11) is 1.72. The minimum Gasteiger partial charge on any atom is -0.314 e. The molecule has 0 radical (unpaired) electrons. The van der Waals surface area contributed by atoms with Crippen LogP contribution in [0.3, 0.4) is 0 Å². The van der Waals surface area contributed by atoms with Crippen molar-refractivity contribution in [3.63, 3.8) is 0 Å². The molecular formula is C19H34N2O. The van der Waals surface area contributed by atoms with Crippen LogP contribution in [0.15, 0.2) is 24.5 Å². The van der Waals surface area contributed by atoms with Crippen LogP contribution < -0.4 is 0 Å². The van der Waals surface area contributed by atoms with Crippen molar-refractivity contribution < 1.29 is 5.21 Å². The molecule has 1 aromatic heterocycles. The Morgan fingerprint density at radius 3 is 1.91 bits per heavy atom. The van der Waals surface area contributed by atoms with Gasteiger partial charge in [-0.25, -0.2) is 0 Å². The van der Waals surface area contributed by atoms with Crippen LogP contribution in [0.1, 0.15) is 76.2 Å². The summed E-state index contributed by atoms with van der Waals surface area (Å²) in [6, 6.07) is 4.20. The Kier molecular flexibility index (Phi) is 11.9. The lowest BCUT2D eigenvalue weighted by Crippen LogP contribution is -2.13. The average Bonchev–Trinajstić information content (AvgIpc) is 2.52. The molecular weight excluding hydrogens is 272 g/mol. The summed E-state index contributed by atoms with van der Waals surface area (Å²) >= 11 is 0. The van der Waals surface area contributed by atoms with E-state index < -0.39 is 0 Å². The summed E-state index contributed by atoms with van der Waals surface area (Å²) in [5.41, 5.74) is 1.37. The molecule has 0 saturated carbocycles. The Balaban J connectivity index is 1.75. The molecule has 0 atom stereocenters. The molecule has 3 nitrogen and oxygen atoms in total. The molecule has 0 amide bonds. The van der Waals surface area contributed by atoms with Gasteiger partial charge in [-0.2, -0.15) is 5.06 Å². The average molecular weight is 306 g/mol. The number of hydrogen-bond acceptors (Lipinski definition) is 3. The fourth-order valence-corrected chi connectivity index (χ4v) is 2.81. The Labute approximate surface area is 136 Å².